The molecule has 38 heavy (non-hydrogen) atoms. The molecule has 3 saturated carbocycles. The van der Waals surface area contributed by atoms with Gasteiger partial charge in [0.2, 0.25) is 5.78 Å². The van der Waals surface area contributed by atoms with E-state index in [1.165, 1.54) is 0 Å². The number of ketones is 1. The average molecular weight is 531 g/mol. The quantitative estimate of drug-likeness (QED) is 0.559. The van der Waals surface area contributed by atoms with Gasteiger partial charge in [-0.3, -0.25) is 19.1 Å². The van der Waals surface area contributed by atoms with Crippen molar-refractivity contribution in [2.45, 2.75) is 90.0 Å². The Morgan fingerprint density at radius 1 is 1.18 bits per heavy atom. The zero-order chi connectivity index (χ0) is 27.6. The molecule has 1 heterocycles. The van der Waals surface area contributed by atoms with Crippen molar-refractivity contribution in [2.75, 3.05) is 6.61 Å². The molecule has 0 amide bonds. The second-order valence-electron chi connectivity index (χ2n) is 12.0. The van der Waals surface area contributed by atoms with Crippen LogP contribution in [0.25, 0.3) is 6.08 Å². The molecule has 0 radical (unpaired) electrons. The van der Waals surface area contributed by atoms with E-state index in [9.17, 15) is 19.5 Å². The number of allylic oxidation sites excluding steroid dienone is 1. The first-order chi connectivity index (χ1) is 17.9. The molecule has 0 aliphatic heterocycles. The number of carbonyl (C=O) groups excluding carboxylic acids is 3. The van der Waals surface area contributed by atoms with E-state index in [1.54, 1.807) is 18.5 Å². The van der Waals surface area contributed by atoms with E-state index in [0.717, 1.165) is 16.8 Å². The molecule has 3 fully saturated rings. The van der Waals surface area contributed by atoms with Gasteiger partial charge in [0.15, 0.2) is 12.2 Å². The highest BCUT2D eigenvalue weighted by Gasteiger charge is 2.73. The van der Waals surface area contributed by atoms with Gasteiger partial charge in [-0.25, -0.2) is 4.39 Å². The summed E-state index contributed by atoms with van der Waals surface area (Å²) < 4.78 is 30.6. The number of aryl methyl sites for hydroxylation is 1. The van der Waals surface area contributed by atoms with Crippen molar-refractivity contribution in [1.29, 1.82) is 0 Å². The van der Waals surface area contributed by atoms with Crippen LogP contribution in [0.1, 0.15) is 77.5 Å². The number of halogens is 1. The topological polar surface area (TPSA) is 108 Å². The van der Waals surface area contributed by atoms with Crippen LogP contribution >= 0.6 is 0 Å². The molecular formula is C29H39FN2O6. The molecule has 4 aliphatic carbocycles. The van der Waals surface area contributed by atoms with E-state index < -0.39 is 64.9 Å². The summed E-state index contributed by atoms with van der Waals surface area (Å²) in [7, 11) is 1.85. The lowest BCUT2D eigenvalue weighted by molar-refractivity contribution is -0.209. The van der Waals surface area contributed by atoms with Crippen LogP contribution in [0.15, 0.2) is 11.8 Å². The molecule has 8 atom stereocenters. The predicted octanol–water partition coefficient (Wildman–Crippen LogP) is 3.74. The van der Waals surface area contributed by atoms with Gasteiger partial charge in [-0.1, -0.05) is 33.3 Å². The summed E-state index contributed by atoms with van der Waals surface area (Å²) in [5.41, 5.74) is -1.59. The van der Waals surface area contributed by atoms with Gasteiger partial charge in [0.05, 0.1) is 11.8 Å². The van der Waals surface area contributed by atoms with Crippen LogP contribution < -0.4 is 0 Å². The molecule has 0 spiro atoms. The molecule has 9 heteroatoms. The average Bonchev–Trinajstić information content (AvgIpc) is 3.37. The van der Waals surface area contributed by atoms with Gasteiger partial charge in [-0.2, -0.15) is 5.10 Å². The molecule has 0 bridgehead atoms. The second kappa shape index (κ2) is 9.28. The summed E-state index contributed by atoms with van der Waals surface area (Å²) in [6.45, 7) is 6.56. The highest BCUT2D eigenvalue weighted by molar-refractivity contribution is 5.93. The highest BCUT2D eigenvalue weighted by atomic mass is 19.1. The van der Waals surface area contributed by atoms with E-state index in [2.05, 4.69) is 5.10 Å². The van der Waals surface area contributed by atoms with Crippen molar-refractivity contribution >= 4 is 23.8 Å². The number of aromatic nitrogens is 2. The monoisotopic (exact) mass is 530 g/mol. The third-order valence-electron chi connectivity index (χ3n) is 10.2. The van der Waals surface area contributed by atoms with E-state index in [1.807, 2.05) is 33.2 Å². The molecule has 1 aromatic rings. The summed E-state index contributed by atoms with van der Waals surface area (Å²) in [5.74, 6) is -3.27. The smallest absolute Gasteiger partial charge is 0.306 e. The molecule has 1 N–H and O–H groups in total. The maximum atomic E-state index is 17.7. The first-order valence-electron chi connectivity index (χ1n) is 13.9. The van der Waals surface area contributed by atoms with E-state index in [0.29, 0.717) is 25.7 Å². The van der Waals surface area contributed by atoms with Crippen molar-refractivity contribution in [3.05, 3.63) is 23.0 Å². The Bertz CT molecular complexity index is 1190. The van der Waals surface area contributed by atoms with Gasteiger partial charge in [0.1, 0.15) is 5.67 Å². The van der Waals surface area contributed by atoms with Crippen LogP contribution in [0, 0.1) is 29.1 Å². The number of ether oxygens (including phenoxy) is 2. The number of fused-ring (bicyclic) bond motifs is 6. The molecule has 208 valence electrons. The van der Waals surface area contributed by atoms with Crippen LogP contribution in [-0.2, 0) is 37.3 Å². The molecule has 1 unspecified atom stereocenters. The summed E-state index contributed by atoms with van der Waals surface area (Å²) in [5, 5.41) is 16.2. The third-order valence-corrected chi connectivity index (χ3v) is 10.2. The molecule has 1 aromatic heterocycles. The van der Waals surface area contributed by atoms with Gasteiger partial charge in [-0.05, 0) is 55.6 Å². The van der Waals surface area contributed by atoms with Crippen LogP contribution in [0.5, 0.6) is 0 Å². The molecule has 4 aliphatic rings. The third kappa shape index (κ3) is 3.63. The SMILES string of the molecule is CCC(=O)OCC(=O)[C@@]1(OC(=O)CC)C2C[C@H](O)[C@@]3(F)[C@@H](CCC4=Cc5nn(C)cc5C[C@@]43C)[C@@H]2C[C@@H]1C. The van der Waals surface area contributed by atoms with E-state index in [4.69, 9.17) is 9.47 Å². The molecule has 5 rings (SSSR count). The zero-order valence-electron chi connectivity index (χ0n) is 23.0. The lowest BCUT2D eigenvalue weighted by atomic mass is 9.46. The van der Waals surface area contributed by atoms with Gasteiger partial charge >= 0.3 is 11.9 Å². The summed E-state index contributed by atoms with van der Waals surface area (Å²) >= 11 is 0. The van der Waals surface area contributed by atoms with Crippen molar-refractivity contribution < 1.29 is 33.4 Å². The first-order valence-corrected chi connectivity index (χ1v) is 13.9. The van der Waals surface area contributed by atoms with Gasteiger partial charge in [-0.15, -0.1) is 0 Å². The van der Waals surface area contributed by atoms with Gasteiger partial charge in [0.25, 0.3) is 0 Å². The molecule has 0 aromatic carbocycles. The standard InChI is InChI=1S/C29H39FN2O6/c1-6-25(35)37-15-24(34)28(38-26(36)7-2)16(3)10-19-20-9-8-18-11-22-17(14-32(5)31-22)13-27(18,4)29(20,30)23(33)12-21(19)28/h11,14,16,19-21,23,33H,6-10,12-13,15H2,1-5H3/t16-,19-,20-,21?,23-,27-,28-,29-/m0/s1. The minimum Gasteiger partial charge on any atom is -0.457 e. The van der Waals surface area contributed by atoms with Crippen LogP contribution in [-0.4, -0.2) is 56.6 Å². The lowest BCUT2D eigenvalue weighted by Gasteiger charge is -2.61. The lowest BCUT2D eigenvalue weighted by Crippen LogP contribution is -2.67. The number of rotatable bonds is 6. The fourth-order valence-electron chi connectivity index (χ4n) is 8.41. The maximum absolute atomic E-state index is 17.7. The zero-order valence-corrected chi connectivity index (χ0v) is 23.0. The Hall–Kier alpha value is -2.55. The van der Waals surface area contributed by atoms with Crippen molar-refractivity contribution in [3.8, 4) is 0 Å². The Morgan fingerprint density at radius 2 is 1.89 bits per heavy atom. The number of hydrogen-bond donors (Lipinski definition) is 1. The fraction of sp³-hybridized carbons (Fsp3) is 0.724. The van der Waals surface area contributed by atoms with Crippen molar-refractivity contribution in [1.82, 2.24) is 9.78 Å². The fourth-order valence-corrected chi connectivity index (χ4v) is 8.41. The Labute approximate surface area is 222 Å². The van der Waals surface area contributed by atoms with Gasteiger partial charge in [0, 0.05) is 43.3 Å². The van der Waals surface area contributed by atoms with Crippen LogP contribution in [0.2, 0.25) is 0 Å². The number of nitrogens with zero attached hydrogens (tertiary/aromatic N) is 2. The molecule has 8 nitrogen and oxygen atoms in total. The number of alkyl halides is 1. The minimum atomic E-state index is -1.91. The van der Waals surface area contributed by atoms with E-state index >= 15 is 4.39 Å². The highest BCUT2D eigenvalue weighted by Crippen LogP contribution is 2.68. The first kappa shape index (κ1) is 27.0. The van der Waals surface area contributed by atoms with Crippen molar-refractivity contribution in [2.24, 2.45) is 36.1 Å². The number of carbonyl (C=O) groups is 3. The summed E-state index contributed by atoms with van der Waals surface area (Å²) in [4.78, 5) is 38.2. The number of aliphatic hydroxyl groups is 1. The Balaban J connectivity index is 1.53. The predicted molar refractivity (Wildman–Crippen MR) is 136 cm³/mol. The van der Waals surface area contributed by atoms with Crippen molar-refractivity contribution in [3.63, 3.8) is 0 Å². The maximum Gasteiger partial charge on any atom is 0.306 e. The van der Waals surface area contributed by atoms with E-state index in [-0.39, 0.29) is 25.2 Å². The number of aliphatic hydroxyl groups excluding tert-OH is 1. The molecule has 0 saturated heterocycles. The molecular weight excluding hydrogens is 491 g/mol. The largest absolute Gasteiger partial charge is 0.457 e. The Kier molecular flexibility index (Phi) is 6.60. The summed E-state index contributed by atoms with van der Waals surface area (Å²) in [6, 6.07) is 0. The number of Topliss-reactive ketones (excluding diaryl/α,β-unsaturated/α-hetero) is 1. The van der Waals surface area contributed by atoms with Crippen LogP contribution in [0.3, 0.4) is 0 Å². The number of esters is 2. The van der Waals surface area contributed by atoms with Crippen LogP contribution in [0.4, 0.5) is 4.39 Å². The number of hydrogen-bond acceptors (Lipinski definition) is 7. The minimum absolute atomic E-state index is 0.00473. The summed E-state index contributed by atoms with van der Waals surface area (Å²) in [6.07, 6.45) is 4.89. The normalized spacial score (nSPS) is 39.2. The van der Waals surface area contributed by atoms with Gasteiger partial charge < -0.3 is 14.6 Å². The Morgan fingerprint density at radius 3 is 2.58 bits per heavy atom. The second-order valence-corrected chi connectivity index (χ2v) is 12.0.